The van der Waals surface area contributed by atoms with Crippen LogP contribution in [0.1, 0.15) is 16.1 Å². The molecule has 1 nitrogen and oxygen atoms in total. The molecule has 2 heterocycles. The second-order valence-electron chi connectivity index (χ2n) is 3.16. The average molecular weight is 326 g/mol. The maximum atomic E-state index is 5.38. The molecule has 72 valence electrons. The molecule has 0 N–H and O–H groups in total. The van der Waals surface area contributed by atoms with Gasteiger partial charge in [-0.05, 0) is 33.8 Å². The van der Waals surface area contributed by atoms with E-state index in [-0.39, 0.29) is 0 Å². The summed E-state index contributed by atoms with van der Waals surface area (Å²) in [4.78, 5) is 1.83. The zero-order valence-electron chi connectivity index (χ0n) is 7.00. The van der Waals surface area contributed by atoms with Gasteiger partial charge in [-0.3, -0.25) is 0 Å². The molecule has 1 aromatic rings. The van der Waals surface area contributed by atoms with Crippen LogP contribution in [-0.4, -0.2) is 13.2 Å². The number of thiophene rings is 1. The van der Waals surface area contributed by atoms with E-state index in [4.69, 9.17) is 4.74 Å². The van der Waals surface area contributed by atoms with Gasteiger partial charge in [0.15, 0.2) is 0 Å². The highest BCUT2D eigenvalue weighted by molar-refractivity contribution is 9.11. The van der Waals surface area contributed by atoms with E-state index in [0.717, 1.165) is 13.2 Å². The van der Waals surface area contributed by atoms with Gasteiger partial charge < -0.3 is 4.74 Å². The summed E-state index contributed by atoms with van der Waals surface area (Å²) in [5.74, 6) is 0.634. The van der Waals surface area contributed by atoms with Crippen molar-refractivity contribution >= 4 is 43.2 Å². The maximum Gasteiger partial charge on any atom is 0.0551 e. The third kappa shape index (κ3) is 2.17. The fourth-order valence-corrected chi connectivity index (χ4v) is 4.48. The number of halogens is 2. The largest absolute Gasteiger partial charge is 0.381 e. The Morgan fingerprint density at radius 3 is 3.00 bits per heavy atom. The Morgan fingerprint density at radius 1 is 1.62 bits per heavy atom. The van der Waals surface area contributed by atoms with E-state index in [1.54, 1.807) is 11.3 Å². The first-order valence-electron chi connectivity index (χ1n) is 4.23. The Morgan fingerprint density at radius 2 is 2.46 bits per heavy atom. The summed E-state index contributed by atoms with van der Waals surface area (Å²) in [6.07, 6.45) is 1.17. The van der Waals surface area contributed by atoms with Crippen LogP contribution in [0.2, 0.25) is 0 Å². The van der Waals surface area contributed by atoms with Crippen molar-refractivity contribution in [2.75, 3.05) is 13.2 Å². The second-order valence-corrected chi connectivity index (χ2v) is 5.95. The van der Waals surface area contributed by atoms with Crippen molar-refractivity contribution in [2.24, 2.45) is 5.92 Å². The molecule has 1 aliphatic heterocycles. The van der Waals surface area contributed by atoms with Crippen LogP contribution in [0, 0.1) is 5.92 Å². The number of alkyl halides is 1. The zero-order chi connectivity index (χ0) is 9.26. The molecule has 4 heteroatoms. The lowest BCUT2D eigenvalue weighted by atomic mass is 10.0. The topological polar surface area (TPSA) is 9.23 Å². The smallest absolute Gasteiger partial charge is 0.0551 e. The molecule has 2 unspecified atom stereocenters. The van der Waals surface area contributed by atoms with Gasteiger partial charge in [0.25, 0.3) is 0 Å². The first kappa shape index (κ1) is 10.1. The Hall–Kier alpha value is 0.620. The standard InChI is InChI=1S/C9H10Br2OS/c10-7-2-4-13-9(7)8(11)6-1-3-12-5-6/h2,4,6,8H,1,3,5H2. The minimum Gasteiger partial charge on any atom is -0.381 e. The lowest BCUT2D eigenvalue weighted by Gasteiger charge is -2.14. The Kier molecular flexibility index (Phi) is 3.46. The highest BCUT2D eigenvalue weighted by Gasteiger charge is 2.26. The van der Waals surface area contributed by atoms with Gasteiger partial charge in [0.1, 0.15) is 0 Å². The maximum absolute atomic E-state index is 5.38. The molecule has 0 bridgehead atoms. The Bertz CT molecular complexity index is 281. The molecule has 13 heavy (non-hydrogen) atoms. The monoisotopic (exact) mass is 324 g/mol. The van der Waals surface area contributed by atoms with E-state index in [9.17, 15) is 0 Å². The van der Waals surface area contributed by atoms with Crippen molar-refractivity contribution in [1.29, 1.82) is 0 Å². The Labute approximate surface area is 98.7 Å². The summed E-state index contributed by atoms with van der Waals surface area (Å²) in [5, 5.41) is 2.11. The molecule has 1 fully saturated rings. The quantitative estimate of drug-likeness (QED) is 0.747. The molecule has 0 aliphatic carbocycles. The third-order valence-electron chi connectivity index (χ3n) is 2.27. The molecule has 0 amide bonds. The van der Waals surface area contributed by atoms with E-state index in [1.807, 2.05) is 0 Å². The summed E-state index contributed by atoms with van der Waals surface area (Å²) in [6.45, 7) is 1.80. The fraction of sp³-hybridized carbons (Fsp3) is 0.556. The second kappa shape index (κ2) is 4.43. The first-order valence-corrected chi connectivity index (χ1v) is 6.82. The van der Waals surface area contributed by atoms with Gasteiger partial charge in [-0.15, -0.1) is 11.3 Å². The van der Waals surface area contributed by atoms with Crippen LogP contribution >= 0.6 is 43.2 Å². The number of hydrogen-bond acceptors (Lipinski definition) is 2. The summed E-state index contributed by atoms with van der Waals surface area (Å²) in [6, 6.07) is 2.10. The molecular formula is C9H10Br2OS. The molecule has 0 aromatic carbocycles. The predicted octanol–water partition coefficient (Wildman–Crippen LogP) is 3.98. The molecular weight excluding hydrogens is 316 g/mol. The van der Waals surface area contributed by atoms with Gasteiger partial charge in [-0.1, -0.05) is 15.9 Å². The van der Waals surface area contributed by atoms with Crippen molar-refractivity contribution in [3.05, 3.63) is 20.8 Å². The normalized spacial score (nSPS) is 24.9. The molecule has 0 radical (unpaired) electrons. The lowest BCUT2D eigenvalue weighted by molar-refractivity contribution is 0.186. The SMILES string of the molecule is Brc1ccsc1C(Br)C1CCOC1. The highest BCUT2D eigenvalue weighted by atomic mass is 79.9. The molecule has 1 aliphatic rings. The minimum atomic E-state index is 0.448. The zero-order valence-corrected chi connectivity index (χ0v) is 11.0. The minimum absolute atomic E-state index is 0.448. The molecule has 1 aromatic heterocycles. The summed E-state index contributed by atoms with van der Waals surface area (Å²) >= 11 is 9.09. The molecule has 0 spiro atoms. The van der Waals surface area contributed by atoms with Crippen LogP contribution in [-0.2, 0) is 4.74 Å². The van der Waals surface area contributed by atoms with Crippen LogP contribution in [0.3, 0.4) is 0 Å². The van der Waals surface area contributed by atoms with Gasteiger partial charge in [0.05, 0.1) is 11.4 Å². The Balaban J connectivity index is 2.12. The van der Waals surface area contributed by atoms with E-state index >= 15 is 0 Å². The average Bonchev–Trinajstić information content (AvgIpc) is 2.72. The van der Waals surface area contributed by atoms with E-state index in [1.165, 1.54) is 15.8 Å². The molecule has 1 saturated heterocycles. The van der Waals surface area contributed by atoms with Gasteiger partial charge in [0.2, 0.25) is 0 Å². The third-order valence-corrected chi connectivity index (χ3v) is 5.74. The summed E-state index contributed by atoms with van der Waals surface area (Å²) in [5.41, 5.74) is 0. The van der Waals surface area contributed by atoms with E-state index < -0.39 is 0 Å². The number of ether oxygens (including phenoxy) is 1. The number of hydrogen-bond donors (Lipinski definition) is 0. The van der Waals surface area contributed by atoms with Crippen LogP contribution in [0.4, 0.5) is 0 Å². The van der Waals surface area contributed by atoms with Crippen molar-refractivity contribution in [1.82, 2.24) is 0 Å². The van der Waals surface area contributed by atoms with E-state index in [0.29, 0.717) is 10.7 Å². The molecule has 0 saturated carbocycles. The van der Waals surface area contributed by atoms with Crippen molar-refractivity contribution in [2.45, 2.75) is 11.2 Å². The van der Waals surface area contributed by atoms with Gasteiger partial charge in [-0.2, -0.15) is 0 Å². The highest BCUT2D eigenvalue weighted by Crippen LogP contribution is 2.41. The summed E-state index contributed by atoms with van der Waals surface area (Å²) in [7, 11) is 0. The summed E-state index contributed by atoms with van der Waals surface area (Å²) < 4.78 is 6.59. The van der Waals surface area contributed by atoms with Gasteiger partial charge >= 0.3 is 0 Å². The van der Waals surface area contributed by atoms with Gasteiger partial charge in [-0.25, -0.2) is 0 Å². The van der Waals surface area contributed by atoms with Gasteiger partial charge in [0, 0.05) is 21.9 Å². The van der Waals surface area contributed by atoms with Crippen LogP contribution in [0.5, 0.6) is 0 Å². The fourth-order valence-electron chi connectivity index (χ4n) is 1.50. The molecule has 2 rings (SSSR count). The van der Waals surface area contributed by atoms with Crippen molar-refractivity contribution in [3.63, 3.8) is 0 Å². The van der Waals surface area contributed by atoms with Crippen LogP contribution in [0.15, 0.2) is 15.9 Å². The van der Waals surface area contributed by atoms with E-state index in [2.05, 4.69) is 43.3 Å². The predicted molar refractivity (Wildman–Crippen MR) is 62.6 cm³/mol. The van der Waals surface area contributed by atoms with Crippen LogP contribution in [0.25, 0.3) is 0 Å². The molecule has 2 atom stereocenters. The van der Waals surface area contributed by atoms with Crippen LogP contribution < -0.4 is 0 Å². The number of rotatable bonds is 2. The first-order chi connectivity index (χ1) is 6.29. The van der Waals surface area contributed by atoms with Crippen molar-refractivity contribution in [3.8, 4) is 0 Å². The van der Waals surface area contributed by atoms with Crippen molar-refractivity contribution < 1.29 is 4.74 Å². The lowest BCUT2D eigenvalue weighted by Crippen LogP contribution is -2.06.